The lowest BCUT2D eigenvalue weighted by atomic mass is 9.92. The summed E-state index contributed by atoms with van der Waals surface area (Å²) < 4.78 is 11.0. The lowest BCUT2D eigenvalue weighted by molar-refractivity contribution is -0.0980. The molecule has 0 aliphatic carbocycles. The number of aryl methyl sites for hydroxylation is 2. The van der Waals surface area contributed by atoms with E-state index in [-0.39, 0.29) is 12.0 Å². The summed E-state index contributed by atoms with van der Waals surface area (Å²) in [5, 5.41) is 4.47. The second-order valence-corrected chi connectivity index (χ2v) is 10.7. The molecule has 0 radical (unpaired) electrons. The molecule has 1 unspecified atom stereocenters. The summed E-state index contributed by atoms with van der Waals surface area (Å²) in [4.78, 5) is 18.9. The monoisotopic (exact) mass is 587 g/mol. The van der Waals surface area contributed by atoms with Crippen molar-refractivity contribution in [2.45, 2.75) is 79.2 Å². The van der Waals surface area contributed by atoms with E-state index in [9.17, 15) is 4.91 Å². The van der Waals surface area contributed by atoms with Crippen molar-refractivity contribution in [1.29, 1.82) is 0 Å². The average molecular weight is 589 g/mol. The molecule has 0 saturated heterocycles. The Morgan fingerprint density at radius 2 is 1.52 bits per heavy atom. The third kappa shape index (κ3) is 11.0. The number of carbonyl (C=O) groups excluding carboxylic acids is 1. The van der Waals surface area contributed by atoms with Gasteiger partial charge in [-0.15, -0.1) is 4.91 Å². The number of benzene rings is 3. The third-order valence-electron chi connectivity index (χ3n) is 6.53. The average Bonchev–Trinajstić information content (AvgIpc) is 2.92. The Hall–Kier alpha value is -2.73. The van der Waals surface area contributed by atoms with Crippen LogP contribution >= 0.6 is 23.2 Å². The first-order valence-corrected chi connectivity index (χ1v) is 14.4. The molecule has 0 spiro atoms. The molecular weight excluding hydrogens is 545 g/mol. The number of rotatable bonds is 11. The van der Waals surface area contributed by atoms with Gasteiger partial charge in [0.2, 0.25) is 0 Å². The zero-order valence-electron chi connectivity index (χ0n) is 24.9. The van der Waals surface area contributed by atoms with Crippen LogP contribution in [0.4, 0.5) is 5.69 Å². The molecule has 0 fully saturated rings. The number of hydrogen-bond donors (Lipinski definition) is 0. The zero-order chi connectivity index (χ0) is 30.2. The van der Waals surface area contributed by atoms with Crippen LogP contribution in [0.2, 0.25) is 10.0 Å². The van der Waals surface area contributed by atoms with Gasteiger partial charge in [-0.3, -0.25) is 0 Å². The Bertz CT molecular complexity index is 1170. The molecule has 0 N–H and O–H groups in total. The first-order valence-electron chi connectivity index (χ1n) is 13.6. The standard InChI is InChI=1S/C20H25NO2.C12H16Cl2O.CH2O/c1-6-23-17-9-14(4)19(15(5)10-17)12-16-7-8-20(21-22)18(11-16)13(2)3;1-3-4-5-12(15-2)9-6-10(13)8-11(14)7-9;1-2/h7-11,13H,6,12H2,1-5H3;6-8,12H,3-5H2,1-2H3;1H2. The first-order chi connectivity index (χ1) is 19.1. The molecule has 3 rings (SSSR count). The van der Waals surface area contributed by atoms with E-state index in [1.807, 2.05) is 38.0 Å². The topological polar surface area (TPSA) is 65.0 Å². The predicted molar refractivity (Wildman–Crippen MR) is 169 cm³/mol. The summed E-state index contributed by atoms with van der Waals surface area (Å²) in [6.07, 6.45) is 4.25. The lowest BCUT2D eigenvalue weighted by Gasteiger charge is -2.15. The molecule has 1 atom stereocenters. The molecule has 0 amide bonds. The molecule has 3 aromatic rings. The molecule has 218 valence electrons. The summed E-state index contributed by atoms with van der Waals surface area (Å²) in [5.74, 6) is 1.21. The van der Waals surface area contributed by atoms with Crippen molar-refractivity contribution in [2.24, 2.45) is 5.18 Å². The normalized spacial score (nSPS) is 11.2. The Labute approximate surface area is 250 Å². The first kappa shape index (κ1) is 35.3. The summed E-state index contributed by atoms with van der Waals surface area (Å²) in [6, 6.07) is 15.7. The fourth-order valence-electron chi connectivity index (χ4n) is 4.52. The van der Waals surface area contributed by atoms with Gasteiger partial charge in [0.25, 0.3) is 0 Å². The minimum atomic E-state index is 0.0983. The number of hydrogen-bond acceptors (Lipinski definition) is 5. The molecule has 0 aliphatic heterocycles. The van der Waals surface area contributed by atoms with E-state index in [0.717, 1.165) is 42.6 Å². The third-order valence-corrected chi connectivity index (χ3v) is 6.97. The summed E-state index contributed by atoms with van der Waals surface area (Å²) in [7, 11) is 1.72. The quantitative estimate of drug-likeness (QED) is 0.209. The number of nitrogens with zero attached hydrogens (tertiary/aromatic N) is 1. The van der Waals surface area contributed by atoms with E-state index in [1.165, 1.54) is 22.3 Å². The number of nitroso groups, excluding NO2 is 1. The van der Waals surface area contributed by atoms with Gasteiger partial charge in [-0.1, -0.05) is 68.9 Å². The second-order valence-electron chi connectivity index (χ2n) is 9.85. The molecule has 40 heavy (non-hydrogen) atoms. The highest BCUT2D eigenvalue weighted by molar-refractivity contribution is 6.34. The highest BCUT2D eigenvalue weighted by Crippen LogP contribution is 2.31. The Morgan fingerprint density at radius 3 is 2.00 bits per heavy atom. The Kier molecular flexibility index (Phi) is 16.4. The molecule has 0 aliphatic rings. The van der Waals surface area contributed by atoms with Gasteiger partial charge in [0, 0.05) is 17.2 Å². The van der Waals surface area contributed by atoms with Gasteiger partial charge in [0.15, 0.2) is 0 Å². The SMILES string of the molecule is C=O.CCCCC(OC)c1cc(Cl)cc(Cl)c1.CCOc1cc(C)c(Cc2ccc(N=O)c(C(C)C)c2)c(C)c1. The Morgan fingerprint density at radius 1 is 0.925 bits per heavy atom. The highest BCUT2D eigenvalue weighted by Gasteiger charge is 2.12. The number of unbranched alkanes of at least 4 members (excludes halogenated alkanes) is 1. The smallest absolute Gasteiger partial charge is 0.119 e. The van der Waals surface area contributed by atoms with Crippen molar-refractivity contribution in [3.05, 3.63) is 96.9 Å². The van der Waals surface area contributed by atoms with Crippen LogP contribution in [0, 0.1) is 18.8 Å². The van der Waals surface area contributed by atoms with Crippen molar-refractivity contribution < 1.29 is 14.3 Å². The minimum absolute atomic E-state index is 0.0983. The van der Waals surface area contributed by atoms with E-state index in [2.05, 4.69) is 58.0 Å². The number of methoxy groups -OCH3 is 1. The van der Waals surface area contributed by atoms with Gasteiger partial charge >= 0.3 is 0 Å². The molecule has 0 saturated carbocycles. The van der Waals surface area contributed by atoms with Crippen LogP contribution in [0.1, 0.15) is 92.4 Å². The largest absolute Gasteiger partial charge is 0.494 e. The maximum absolute atomic E-state index is 10.9. The predicted octanol–water partition coefficient (Wildman–Crippen LogP) is 10.5. The zero-order valence-corrected chi connectivity index (χ0v) is 26.4. The fraction of sp³-hybridized carbons (Fsp3) is 0.424. The van der Waals surface area contributed by atoms with Crippen LogP contribution in [-0.4, -0.2) is 20.5 Å². The Balaban J connectivity index is 0.000000408. The van der Waals surface area contributed by atoms with Crippen molar-refractivity contribution >= 4 is 35.7 Å². The van der Waals surface area contributed by atoms with Crippen molar-refractivity contribution in [2.75, 3.05) is 13.7 Å². The van der Waals surface area contributed by atoms with E-state index >= 15 is 0 Å². The van der Waals surface area contributed by atoms with Gasteiger partial charge in [-0.05, 0) is 114 Å². The molecule has 3 aromatic carbocycles. The van der Waals surface area contributed by atoms with Gasteiger partial charge < -0.3 is 14.3 Å². The van der Waals surface area contributed by atoms with E-state index in [4.69, 9.17) is 37.5 Å². The molecule has 5 nitrogen and oxygen atoms in total. The molecule has 0 heterocycles. The van der Waals surface area contributed by atoms with Crippen molar-refractivity contribution in [3.63, 3.8) is 0 Å². The molecule has 0 bridgehead atoms. The summed E-state index contributed by atoms with van der Waals surface area (Å²) in [6.45, 7) is 15.2. The van der Waals surface area contributed by atoms with Crippen LogP contribution in [-0.2, 0) is 16.0 Å². The van der Waals surface area contributed by atoms with E-state index in [0.29, 0.717) is 22.3 Å². The molecule has 7 heteroatoms. The number of carbonyl (C=O) groups is 1. The molecular formula is C33H43Cl2NO4. The maximum atomic E-state index is 10.9. The van der Waals surface area contributed by atoms with E-state index in [1.54, 1.807) is 13.2 Å². The highest BCUT2D eigenvalue weighted by atomic mass is 35.5. The van der Waals surface area contributed by atoms with Gasteiger partial charge in [-0.2, -0.15) is 0 Å². The van der Waals surface area contributed by atoms with Gasteiger partial charge in [0.1, 0.15) is 18.2 Å². The summed E-state index contributed by atoms with van der Waals surface area (Å²) in [5.41, 5.74) is 7.60. The lowest BCUT2D eigenvalue weighted by Crippen LogP contribution is -2.01. The van der Waals surface area contributed by atoms with Gasteiger partial charge in [-0.25, -0.2) is 0 Å². The summed E-state index contributed by atoms with van der Waals surface area (Å²) >= 11 is 11.9. The minimum Gasteiger partial charge on any atom is -0.494 e. The van der Waals surface area contributed by atoms with Crippen LogP contribution < -0.4 is 4.74 Å². The number of halogens is 2. The van der Waals surface area contributed by atoms with E-state index < -0.39 is 0 Å². The van der Waals surface area contributed by atoms with Crippen LogP contribution in [0.15, 0.2) is 53.7 Å². The van der Waals surface area contributed by atoms with Crippen LogP contribution in [0.5, 0.6) is 5.75 Å². The molecule has 0 aromatic heterocycles. The van der Waals surface area contributed by atoms with Crippen LogP contribution in [0.25, 0.3) is 0 Å². The maximum Gasteiger partial charge on any atom is 0.119 e. The van der Waals surface area contributed by atoms with Crippen molar-refractivity contribution in [1.82, 2.24) is 0 Å². The van der Waals surface area contributed by atoms with Crippen LogP contribution in [0.3, 0.4) is 0 Å². The van der Waals surface area contributed by atoms with Crippen molar-refractivity contribution in [3.8, 4) is 5.75 Å². The number of ether oxygens (including phenoxy) is 2. The fourth-order valence-corrected chi connectivity index (χ4v) is 5.06. The second kappa shape index (κ2) is 18.6. The van der Waals surface area contributed by atoms with Gasteiger partial charge in [0.05, 0.1) is 12.7 Å².